The van der Waals surface area contributed by atoms with Crippen molar-refractivity contribution in [3.8, 4) is 0 Å². The molecule has 0 atom stereocenters. The number of benzene rings is 1. The van der Waals surface area contributed by atoms with Crippen molar-refractivity contribution in [2.45, 2.75) is 6.92 Å². The molecule has 6 nitrogen and oxygen atoms in total. The topological polar surface area (TPSA) is 95.8 Å². The van der Waals surface area contributed by atoms with Crippen LogP contribution in [0.5, 0.6) is 0 Å². The van der Waals surface area contributed by atoms with Crippen molar-refractivity contribution in [2.24, 2.45) is 0 Å². The van der Waals surface area contributed by atoms with Gasteiger partial charge in [-0.1, -0.05) is 0 Å². The zero-order valence-electron chi connectivity index (χ0n) is 10.4. The molecule has 1 aliphatic heterocycles. The fourth-order valence-electron chi connectivity index (χ4n) is 2.14. The number of hydrogen-bond acceptors (Lipinski definition) is 4. The summed E-state index contributed by atoms with van der Waals surface area (Å²) in [6.45, 7) is 4.30. The molecule has 5 N–H and O–H groups in total. The van der Waals surface area contributed by atoms with E-state index >= 15 is 0 Å². The molecule has 1 fully saturated rings. The van der Waals surface area contributed by atoms with Gasteiger partial charge in [-0.3, -0.25) is 0 Å². The standard InChI is InChI=1S/C12H18N4O2/c1-8-6-9(7-10(13)11(8)14)15-2-4-16(5-3-15)12(17)18/h6-7H,2-5,13-14H2,1H3,(H,17,18). The molecule has 1 saturated heterocycles. The molecule has 1 amide bonds. The molecule has 1 heterocycles. The summed E-state index contributed by atoms with van der Waals surface area (Å²) in [5.74, 6) is 0. The third kappa shape index (κ3) is 2.27. The van der Waals surface area contributed by atoms with E-state index in [9.17, 15) is 4.79 Å². The van der Waals surface area contributed by atoms with Gasteiger partial charge in [0.15, 0.2) is 0 Å². The Hall–Kier alpha value is -2.11. The number of amides is 1. The fourth-order valence-corrected chi connectivity index (χ4v) is 2.14. The molecule has 0 unspecified atom stereocenters. The highest BCUT2D eigenvalue weighted by Gasteiger charge is 2.21. The monoisotopic (exact) mass is 250 g/mol. The first-order chi connectivity index (χ1) is 8.49. The van der Waals surface area contributed by atoms with Crippen LogP contribution in [-0.2, 0) is 0 Å². The lowest BCUT2D eigenvalue weighted by Crippen LogP contribution is -2.48. The average Bonchev–Trinajstić information content (AvgIpc) is 2.35. The number of nitrogen functional groups attached to an aromatic ring is 2. The molecule has 0 radical (unpaired) electrons. The molecule has 98 valence electrons. The fraction of sp³-hybridized carbons (Fsp3) is 0.417. The smallest absolute Gasteiger partial charge is 0.407 e. The van der Waals surface area contributed by atoms with E-state index in [1.807, 2.05) is 19.1 Å². The van der Waals surface area contributed by atoms with E-state index in [4.69, 9.17) is 16.6 Å². The first-order valence-electron chi connectivity index (χ1n) is 5.87. The molecular formula is C12H18N4O2. The number of carboxylic acid groups (broad SMARTS) is 1. The molecule has 0 aliphatic carbocycles. The van der Waals surface area contributed by atoms with E-state index in [2.05, 4.69) is 4.90 Å². The minimum absolute atomic E-state index is 0.513. The number of aryl methyl sites for hydroxylation is 1. The summed E-state index contributed by atoms with van der Waals surface area (Å²) in [6.07, 6.45) is -0.859. The Labute approximate surface area is 106 Å². The van der Waals surface area contributed by atoms with Crippen LogP contribution in [0.15, 0.2) is 12.1 Å². The molecule has 18 heavy (non-hydrogen) atoms. The zero-order valence-corrected chi connectivity index (χ0v) is 10.4. The van der Waals surface area contributed by atoms with Crippen molar-refractivity contribution >= 4 is 23.2 Å². The maximum absolute atomic E-state index is 10.8. The Balaban J connectivity index is 2.12. The summed E-state index contributed by atoms with van der Waals surface area (Å²) in [7, 11) is 0. The van der Waals surface area contributed by atoms with Crippen LogP contribution in [-0.4, -0.2) is 42.3 Å². The van der Waals surface area contributed by atoms with E-state index in [1.54, 1.807) is 0 Å². The molecule has 0 bridgehead atoms. The predicted octanol–water partition coefficient (Wildman–Crippen LogP) is 0.959. The van der Waals surface area contributed by atoms with Gasteiger partial charge in [0.2, 0.25) is 0 Å². The molecule has 0 spiro atoms. The van der Waals surface area contributed by atoms with Crippen LogP contribution in [0.1, 0.15) is 5.56 Å². The van der Waals surface area contributed by atoms with Crippen LogP contribution in [0.2, 0.25) is 0 Å². The average molecular weight is 250 g/mol. The zero-order chi connectivity index (χ0) is 13.3. The van der Waals surface area contributed by atoms with E-state index in [1.165, 1.54) is 4.90 Å². The number of nitrogens with zero attached hydrogens (tertiary/aromatic N) is 2. The van der Waals surface area contributed by atoms with Gasteiger partial charge in [0.1, 0.15) is 0 Å². The van der Waals surface area contributed by atoms with Gasteiger partial charge in [0.05, 0.1) is 11.4 Å². The molecular weight excluding hydrogens is 232 g/mol. The number of hydrogen-bond donors (Lipinski definition) is 3. The van der Waals surface area contributed by atoms with Gasteiger partial charge in [-0.05, 0) is 24.6 Å². The van der Waals surface area contributed by atoms with Gasteiger partial charge in [-0.15, -0.1) is 0 Å². The summed E-state index contributed by atoms with van der Waals surface area (Å²) >= 11 is 0. The van der Waals surface area contributed by atoms with Crippen molar-refractivity contribution in [3.05, 3.63) is 17.7 Å². The second kappa shape index (κ2) is 4.64. The summed E-state index contributed by atoms with van der Waals surface area (Å²) < 4.78 is 0. The van der Waals surface area contributed by atoms with Gasteiger partial charge in [0.25, 0.3) is 0 Å². The van der Waals surface area contributed by atoms with Crippen molar-refractivity contribution in [2.75, 3.05) is 42.5 Å². The molecule has 6 heteroatoms. The quantitative estimate of drug-likeness (QED) is 0.645. The Morgan fingerprint density at radius 1 is 1.22 bits per heavy atom. The maximum Gasteiger partial charge on any atom is 0.407 e. The van der Waals surface area contributed by atoms with Crippen LogP contribution < -0.4 is 16.4 Å². The second-order valence-corrected chi connectivity index (χ2v) is 4.52. The van der Waals surface area contributed by atoms with Crippen molar-refractivity contribution < 1.29 is 9.90 Å². The minimum atomic E-state index is -0.859. The Bertz CT molecular complexity index is 444. The molecule has 1 aliphatic rings. The largest absolute Gasteiger partial charge is 0.465 e. The van der Waals surface area contributed by atoms with Gasteiger partial charge in [0, 0.05) is 31.9 Å². The van der Waals surface area contributed by atoms with Crippen LogP contribution >= 0.6 is 0 Å². The van der Waals surface area contributed by atoms with Crippen molar-refractivity contribution in [1.29, 1.82) is 0 Å². The molecule has 0 aromatic heterocycles. The van der Waals surface area contributed by atoms with Crippen LogP contribution in [0.4, 0.5) is 21.9 Å². The molecule has 2 rings (SSSR count). The van der Waals surface area contributed by atoms with Gasteiger partial charge in [-0.2, -0.15) is 0 Å². The van der Waals surface area contributed by atoms with Crippen LogP contribution in [0.3, 0.4) is 0 Å². The highest BCUT2D eigenvalue weighted by molar-refractivity contribution is 5.74. The van der Waals surface area contributed by atoms with Gasteiger partial charge >= 0.3 is 6.09 Å². The molecule has 1 aromatic rings. The highest BCUT2D eigenvalue weighted by atomic mass is 16.4. The van der Waals surface area contributed by atoms with E-state index in [-0.39, 0.29) is 0 Å². The third-order valence-electron chi connectivity index (χ3n) is 3.32. The summed E-state index contributed by atoms with van der Waals surface area (Å²) in [6, 6.07) is 3.83. The van der Waals surface area contributed by atoms with Crippen LogP contribution in [0, 0.1) is 6.92 Å². The maximum atomic E-state index is 10.8. The first kappa shape index (κ1) is 12.3. The highest BCUT2D eigenvalue weighted by Crippen LogP contribution is 2.27. The molecule has 0 saturated carbocycles. The second-order valence-electron chi connectivity index (χ2n) is 4.52. The lowest BCUT2D eigenvalue weighted by molar-refractivity contribution is 0.142. The first-order valence-corrected chi connectivity index (χ1v) is 5.87. The Morgan fingerprint density at radius 3 is 2.33 bits per heavy atom. The van der Waals surface area contributed by atoms with Gasteiger partial charge in [-0.25, -0.2) is 4.79 Å². The van der Waals surface area contributed by atoms with E-state index < -0.39 is 6.09 Å². The third-order valence-corrected chi connectivity index (χ3v) is 3.32. The van der Waals surface area contributed by atoms with E-state index in [0.717, 1.165) is 11.3 Å². The number of anilines is 3. The van der Waals surface area contributed by atoms with E-state index in [0.29, 0.717) is 37.6 Å². The number of carbonyl (C=O) groups is 1. The van der Waals surface area contributed by atoms with Crippen molar-refractivity contribution in [3.63, 3.8) is 0 Å². The number of rotatable bonds is 1. The predicted molar refractivity (Wildman–Crippen MR) is 71.8 cm³/mol. The van der Waals surface area contributed by atoms with Crippen molar-refractivity contribution in [1.82, 2.24) is 4.90 Å². The normalized spacial score (nSPS) is 15.8. The Kier molecular flexibility index (Phi) is 3.18. The summed E-state index contributed by atoms with van der Waals surface area (Å²) in [4.78, 5) is 14.4. The van der Waals surface area contributed by atoms with Crippen LogP contribution in [0.25, 0.3) is 0 Å². The number of nitrogens with two attached hydrogens (primary N) is 2. The Morgan fingerprint density at radius 2 is 1.83 bits per heavy atom. The SMILES string of the molecule is Cc1cc(N2CCN(C(=O)O)CC2)cc(N)c1N. The summed E-state index contributed by atoms with van der Waals surface area (Å²) in [5.41, 5.74) is 14.8. The molecule has 1 aromatic carbocycles. The lowest BCUT2D eigenvalue weighted by atomic mass is 10.1. The van der Waals surface area contributed by atoms with Gasteiger partial charge < -0.3 is 26.4 Å². The minimum Gasteiger partial charge on any atom is -0.465 e. The summed E-state index contributed by atoms with van der Waals surface area (Å²) in [5, 5.41) is 8.89. The lowest BCUT2D eigenvalue weighted by Gasteiger charge is -2.35. The number of piperazine rings is 1.